The molecule has 5 heteroatoms. The maximum absolute atomic E-state index is 5.48. The van der Waals surface area contributed by atoms with Crippen LogP contribution in [0.5, 0.6) is 0 Å². The van der Waals surface area contributed by atoms with Gasteiger partial charge in [-0.15, -0.1) is 5.10 Å². The molecule has 0 atom stereocenters. The number of nitrogens with zero attached hydrogens (tertiary/aromatic N) is 3. The zero-order valence-electron chi connectivity index (χ0n) is 7.51. The van der Waals surface area contributed by atoms with Crippen molar-refractivity contribution in [2.45, 2.75) is 0 Å². The van der Waals surface area contributed by atoms with Crippen molar-refractivity contribution in [3.05, 3.63) is 24.3 Å². The fraction of sp³-hybridized carbons (Fsp3) is 0.250. The van der Waals surface area contributed by atoms with Gasteiger partial charge in [0, 0.05) is 0 Å². The molecular formula is C8H10N3OP. The lowest BCUT2D eigenvalue weighted by atomic mass is 10.3. The zero-order chi connectivity index (χ0) is 9.26. The van der Waals surface area contributed by atoms with Crippen LogP contribution in [0, 0.1) is 0 Å². The molecule has 13 heavy (non-hydrogen) atoms. The van der Waals surface area contributed by atoms with Crippen LogP contribution in [0.25, 0.3) is 11.0 Å². The minimum absolute atomic E-state index is 0.464. The highest BCUT2D eigenvalue weighted by atomic mass is 31.1. The molecule has 0 spiro atoms. The van der Waals surface area contributed by atoms with E-state index in [9.17, 15) is 0 Å². The Bertz CT molecular complexity index is 412. The number of rotatable bonds is 2. The molecule has 0 amide bonds. The van der Waals surface area contributed by atoms with Gasteiger partial charge in [-0.2, -0.15) is 0 Å². The minimum atomic E-state index is -0.464. The van der Waals surface area contributed by atoms with Crippen molar-refractivity contribution in [2.75, 3.05) is 13.3 Å². The second-order valence-electron chi connectivity index (χ2n) is 2.85. The van der Waals surface area contributed by atoms with E-state index in [0.29, 0.717) is 0 Å². The first-order valence-corrected chi connectivity index (χ1v) is 6.09. The number of aromatic nitrogens is 3. The van der Waals surface area contributed by atoms with E-state index < -0.39 is 8.15 Å². The number of fused-ring (bicyclic) bond motifs is 1. The maximum Gasteiger partial charge on any atom is 0.131 e. The molecule has 0 radical (unpaired) electrons. The van der Waals surface area contributed by atoms with Gasteiger partial charge in [0.2, 0.25) is 0 Å². The second-order valence-corrected chi connectivity index (χ2v) is 4.63. The van der Waals surface area contributed by atoms with Crippen molar-refractivity contribution in [3.8, 4) is 0 Å². The topological polar surface area (TPSA) is 39.9 Å². The fourth-order valence-corrected chi connectivity index (χ4v) is 1.49. The van der Waals surface area contributed by atoms with Crippen molar-refractivity contribution in [1.82, 2.24) is 15.2 Å². The molecule has 0 N–H and O–H groups in total. The van der Waals surface area contributed by atoms with Gasteiger partial charge in [-0.25, -0.2) is 0 Å². The Labute approximate surface area is 77.3 Å². The Morgan fingerprint density at radius 1 is 1.31 bits per heavy atom. The Hall–Kier alpha value is -1.15. The second kappa shape index (κ2) is 3.30. The summed E-state index contributed by atoms with van der Waals surface area (Å²) in [5, 5.41) is 7.87. The summed E-state index contributed by atoms with van der Waals surface area (Å²) in [7, 11) is -0.464. The smallest absolute Gasteiger partial charge is 0.131 e. The van der Waals surface area contributed by atoms with E-state index in [-0.39, 0.29) is 0 Å². The number of para-hydroxylation sites is 1. The van der Waals surface area contributed by atoms with E-state index in [1.54, 1.807) is 0 Å². The van der Waals surface area contributed by atoms with Gasteiger partial charge < -0.3 is 4.62 Å². The highest BCUT2D eigenvalue weighted by molar-refractivity contribution is 7.50. The third-order valence-electron chi connectivity index (χ3n) is 1.56. The van der Waals surface area contributed by atoms with Crippen LogP contribution in [0.15, 0.2) is 24.3 Å². The van der Waals surface area contributed by atoms with Crippen LogP contribution in [-0.2, 0) is 0 Å². The molecule has 0 bridgehead atoms. The standard InChI is InChI=1S/C8H10N3OP/c1-13(2)12-11-8-6-4-3-5-7(8)9-10-11/h3-6H,1-2H3. The van der Waals surface area contributed by atoms with Crippen LogP contribution in [-0.4, -0.2) is 28.5 Å². The van der Waals surface area contributed by atoms with Crippen molar-refractivity contribution >= 4 is 19.2 Å². The van der Waals surface area contributed by atoms with Gasteiger partial charge in [0.05, 0.1) is 0 Å². The molecule has 68 valence electrons. The Morgan fingerprint density at radius 2 is 2.08 bits per heavy atom. The van der Waals surface area contributed by atoms with Gasteiger partial charge >= 0.3 is 0 Å². The van der Waals surface area contributed by atoms with Crippen molar-refractivity contribution in [3.63, 3.8) is 0 Å². The molecule has 0 saturated carbocycles. The summed E-state index contributed by atoms with van der Waals surface area (Å²) in [6.07, 6.45) is 0. The van der Waals surface area contributed by atoms with E-state index in [1.807, 2.05) is 37.6 Å². The highest BCUT2D eigenvalue weighted by Gasteiger charge is 2.04. The molecule has 1 heterocycles. The molecular weight excluding hydrogens is 185 g/mol. The summed E-state index contributed by atoms with van der Waals surface area (Å²) in [5.74, 6) is 0. The van der Waals surface area contributed by atoms with E-state index >= 15 is 0 Å². The fourth-order valence-electron chi connectivity index (χ4n) is 1.06. The molecule has 0 fully saturated rings. The molecule has 0 saturated heterocycles. The monoisotopic (exact) mass is 195 g/mol. The predicted octanol–water partition coefficient (Wildman–Crippen LogP) is 1.52. The van der Waals surface area contributed by atoms with Crippen molar-refractivity contribution in [1.29, 1.82) is 0 Å². The van der Waals surface area contributed by atoms with Crippen LogP contribution in [0.3, 0.4) is 0 Å². The van der Waals surface area contributed by atoms with Gasteiger partial charge in [-0.05, 0) is 30.7 Å². The predicted molar refractivity (Wildman–Crippen MR) is 52.9 cm³/mol. The summed E-state index contributed by atoms with van der Waals surface area (Å²) < 4.78 is 5.48. The Balaban J connectivity index is 2.46. The summed E-state index contributed by atoms with van der Waals surface area (Å²) in [6, 6.07) is 7.73. The summed E-state index contributed by atoms with van der Waals surface area (Å²) in [4.78, 5) is 1.49. The molecule has 2 aromatic rings. The highest BCUT2D eigenvalue weighted by Crippen LogP contribution is 2.22. The normalized spacial score (nSPS) is 11.0. The molecule has 0 aliphatic rings. The Kier molecular flexibility index (Phi) is 2.15. The molecule has 0 aliphatic heterocycles. The summed E-state index contributed by atoms with van der Waals surface area (Å²) in [6.45, 7) is 4.04. The first-order chi connectivity index (χ1) is 6.27. The average molecular weight is 195 g/mol. The molecule has 4 nitrogen and oxygen atoms in total. The van der Waals surface area contributed by atoms with Crippen molar-refractivity contribution in [2.24, 2.45) is 0 Å². The van der Waals surface area contributed by atoms with Gasteiger partial charge in [0.15, 0.2) is 0 Å². The maximum atomic E-state index is 5.48. The average Bonchev–Trinajstić information content (AvgIpc) is 2.48. The first-order valence-electron chi connectivity index (χ1n) is 3.93. The van der Waals surface area contributed by atoms with Crippen LogP contribution in [0.2, 0.25) is 0 Å². The zero-order valence-corrected chi connectivity index (χ0v) is 8.40. The van der Waals surface area contributed by atoms with Gasteiger partial charge in [-0.1, -0.05) is 17.0 Å². The van der Waals surface area contributed by atoms with Crippen LogP contribution in [0.1, 0.15) is 0 Å². The summed E-state index contributed by atoms with van der Waals surface area (Å²) in [5.41, 5.74) is 1.78. The Morgan fingerprint density at radius 3 is 2.85 bits per heavy atom. The van der Waals surface area contributed by atoms with E-state index in [1.165, 1.54) is 4.85 Å². The molecule has 1 aromatic heterocycles. The van der Waals surface area contributed by atoms with E-state index in [0.717, 1.165) is 11.0 Å². The van der Waals surface area contributed by atoms with E-state index in [2.05, 4.69) is 10.3 Å². The largest absolute Gasteiger partial charge is 0.377 e. The number of benzene rings is 1. The van der Waals surface area contributed by atoms with Gasteiger partial charge in [0.1, 0.15) is 19.2 Å². The van der Waals surface area contributed by atoms with Crippen LogP contribution >= 0.6 is 8.15 Å². The number of hydrogen-bond acceptors (Lipinski definition) is 3. The van der Waals surface area contributed by atoms with Gasteiger partial charge in [0.25, 0.3) is 0 Å². The number of hydrogen-bond donors (Lipinski definition) is 0. The molecule has 0 unspecified atom stereocenters. The molecule has 0 aliphatic carbocycles. The first kappa shape index (κ1) is 8.45. The van der Waals surface area contributed by atoms with Crippen LogP contribution in [0.4, 0.5) is 0 Å². The summed E-state index contributed by atoms with van der Waals surface area (Å²) >= 11 is 0. The van der Waals surface area contributed by atoms with E-state index in [4.69, 9.17) is 4.62 Å². The minimum Gasteiger partial charge on any atom is -0.377 e. The third-order valence-corrected chi connectivity index (χ3v) is 2.04. The van der Waals surface area contributed by atoms with Gasteiger partial charge in [-0.3, -0.25) is 0 Å². The molecule has 2 rings (SSSR count). The SMILES string of the molecule is CP(C)On1nnc2ccccc21. The lowest BCUT2D eigenvalue weighted by Gasteiger charge is -2.06. The lowest BCUT2D eigenvalue weighted by Crippen LogP contribution is -2.06. The lowest BCUT2D eigenvalue weighted by molar-refractivity contribution is 0.267. The quantitative estimate of drug-likeness (QED) is 0.682. The van der Waals surface area contributed by atoms with Crippen LogP contribution < -0.4 is 4.62 Å². The third kappa shape index (κ3) is 1.63. The molecule has 1 aromatic carbocycles. The van der Waals surface area contributed by atoms with Crippen molar-refractivity contribution < 1.29 is 4.62 Å².